The minimum absolute atomic E-state index is 0.0389. The van der Waals surface area contributed by atoms with Crippen molar-refractivity contribution in [2.75, 3.05) is 30.9 Å². The SMILES string of the molecule is CCCCc1ccc(NS(=O)(=O)c2ccc(C)c(C(=O)N3CCN(C(=O)Cc4ccccc4)CC3)c2)cc1. The van der Waals surface area contributed by atoms with Crippen LogP contribution in [0, 0.1) is 6.92 Å². The number of benzene rings is 3. The lowest BCUT2D eigenvalue weighted by molar-refractivity contribution is -0.131. The largest absolute Gasteiger partial charge is 0.339 e. The van der Waals surface area contributed by atoms with E-state index >= 15 is 0 Å². The van der Waals surface area contributed by atoms with Gasteiger partial charge in [0.25, 0.3) is 15.9 Å². The average molecular weight is 534 g/mol. The van der Waals surface area contributed by atoms with Crippen LogP contribution in [-0.2, 0) is 27.7 Å². The first kappa shape index (κ1) is 27.4. The van der Waals surface area contributed by atoms with Crippen LogP contribution in [0.1, 0.15) is 46.8 Å². The standard InChI is InChI=1S/C30H35N3O4S/c1-3-4-8-24-12-14-26(15-13-24)31-38(36,37)27-16-11-23(2)28(22-27)30(35)33-19-17-32(18-20-33)29(34)21-25-9-6-5-7-10-25/h5-7,9-16,22,31H,3-4,8,17-21H2,1-2H3. The lowest BCUT2D eigenvalue weighted by atomic mass is 10.1. The molecule has 2 amide bonds. The Hall–Kier alpha value is -3.65. The number of unbranched alkanes of at least 4 members (excludes halogenated alkanes) is 1. The highest BCUT2D eigenvalue weighted by atomic mass is 32.2. The number of carbonyl (C=O) groups is 2. The van der Waals surface area contributed by atoms with Gasteiger partial charge >= 0.3 is 0 Å². The van der Waals surface area contributed by atoms with Gasteiger partial charge in [-0.15, -0.1) is 0 Å². The van der Waals surface area contributed by atoms with Crippen LogP contribution in [0.4, 0.5) is 5.69 Å². The van der Waals surface area contributed by atoms with Gasteiger partial charge in [0.2, 0.25) is 5.91 Å². The smallest absolute Gasteiger partial charge is 0.261 e. The van der Waals surface area contributed by atoms with Crippen molar-refractivity contribution in [3.8, 4) is 0 Å². The van der Waals surface area contributed by atoms with Gasteiger partial charge in [-0.1, -0.05) is 61.9 Å². The van der Waals surface area contributed by atoms with Gasteiger partial charge in [0.15, 0.2) is 0 Å². The maximum Gasteiger partial charge on any atom is 0.261 e. The number of hydrogen-bond donors (Lipinski definition) is 1. The van der Waals surface area contributed by atoms with Crippen molar-refractivity contribution in [3.05, 3.63) is 95.1 Å². The van der Waals surface area contributed by atoms with E-state index in [1.807, 2.05) is 42.5 Å². The molecule has 0 radical (unpaired) electrons. The first-order chi connectivity index (χ1) is 18.3. The molecule has 1 aliphatic heterocycles. The van der Waals surface area contributed by atoms with E-state index in [9.17, 15) is 18.0 Å². The van der Waals surface area contributed by atoms with E-state index in [2.05, 4.69) is 11.6 Å². The summed E-state index contributed by atoms with van der Waals surface area (Å²) in [6.45, 7) is 5.63. The molecule has 200 valence electrons. The Kier molecular flexibility index (Phi) is 8.84. The third kappa shape index (κ3) is 6.81. The van der Waals surface area contributed by atoms with Crippen molar-refractivity contribution < 1.29 is 18.0 Å². The van der Waals surface area contributed by atoms with E-state index in [0.717, 1.165) is 24.8 Å². The van der Waals surface area contributed by atoms with Crippen molar-refractivity contribution in [1.82, 2.24) is 9.80 Å². The zero-order valence-corrected chi connectivity index (χ0v) is 22.8. The third-order valence-electron chi connectivity index (χ3n) is 6.89. The van der Waals surface area contributed by atoms with Gasteiger partial charge in [0, 0.05) is 37.4 Å². The number of hydrogen-bond acceptors (Lipinski definition) is 4. The summed E-state index contributed by atoms with van der Waals surface area (Å²) in [6.07, 6.45) is 3.49. The molecule has 38 heavy (non-hydrogen) atoms. The van der Waals surface area contributed by atoms with E-state index in [4.69, 9.17) is 0 Å². The van der Waals surface area contributed by atoms with E-state index in [1.165, 1.54) is 17.7 Å². The molecule has 1 fully saturated rings. The first-order valence-corrected chi connectivity index (χ1v) is 14.6. The summed E-state index contributed by atoms with van der Waals surface area (Å²) in [6, 6.07) is 21.6. The summed E-state index contributed by atoms with van der Waals surface area (Å²) in [5.74, 6) is -0.188. The summed E-state index contributed by atoms with van der Waals surface area (Å²) in [7, 11) is -3.87. The molecule has 1 saturated heterocycles. The van der Waals surface area contributed by atoms with Gasteiger partial charge in [0.05, 0.1) is 11.3 Å². The Bertz CT molecular complexity index is 1360. The Labute approximate surface area is 225 Å². The minimum atomic E-state index is -3.87. The number of piperazine rings is 1. The second-order valence-electron chi connectivity index (χ2n) is 9.72. The molecule has 8 heteroatoms. The zero-order chi connectivity index (χ0) is 27.1. The van der Waals surface area contributed by atoms with Gasteiger partial charge in [-0.3, -0.25) is 14.3 Å². The molecule has 0 bridgehead atoms. The second kappa shape index (κ2) is 12.3. The van der Waals surface area contributed by atoms with Crippen LogP contribution in [0.3, 0.4) is 0 Å². The number of nitrogens with one attached hydrogen (secondary N) is 1. The van der Waals surface area contributed by atoms with E-state index in [1.54, 1.807) is 34.9 Å². The van der Waals surface area contributed by atoms with E-state index in [-0.39, 0.29) is 16.7 Å². The lowest BCUT2D eigenvalue weighted by Gasteiger charge is -2.35. The molecule has 1 heterocycles. The van der Waals surface area contributed by atoms with E-state index in [0.29, 0.717) is 49.4 Å². The number of carbonyl (C=O) groups excluding carboxylic acids is 2. The summed E-state index contributed by atoms with van der Waals surface area (Å²) in [5.41, 5.74) is 3.67. The molecular weight excluding hydrogens is 498 g/mol. The monoisotopic (exact) mass is 533 g/mol. The number of anilines is 1. The molecule has 3 aromatic rings. The van der Waals surface area contributed by atoms with Gasteiger partial charge in [-0.2, -0.15) is 0 Å². The quantitative estimate of drug-likeness (QED) is 0.433. The van der Waals surface area contributed by atoms with Crippen molar-refractivity contribution in [1.29, 1.82) is 0 Å². The van der Waals surface area contributed by atoms with Crippen LogP contribution in [0.2, 0.25) is 0 Å². The van der Waals surface area contributed by atoms with Crippen molar-refractivity contribution in [2.45, 2.75) is 44.4 Å². The molecule has 4 rings (SSSR count). The Morgan fingerprint density at radius 2 is 1.50 bits per heavy atom. The number of rotatable bonds is 9. The summed E-state index contributed by atoms with van der Waals surface area (Å²) in [4.78, 5) is 29.6. The maximum atomic E-state index is 13.4. The first-order valence-electron chi connectivity index (χ1n) is 13.1. The highest BCUT2D eigenvalue weighted by molar-refractivity contribution is 7.92. The van der Waals surface area contributed by atoms with Gasteiger partial charge in [-0.25, -0.2) is 8.42 Å². The predicted molar refractivity (Wildman–Crippen MR) is 150 cm³/mol. The normalized spacial score (nSPS) is 13.8. The number of sulfonamides is 1. The van der Waals surface area contributed by atoms with Crippen LogP contribution in [-0.4, -0.2) is 56.2 Å². The van der Waals surface area contributed by atoms with Crippen LogP contribution in [0.5, 0.6) is 0 Å². The minimum Gasteiger partial charge on any atom is -0.339 e. The molecule has 0 aromatic heterocycles. The molecule has 0 spiro atoms. The molecule has 0 saturated carbocycles. The fraction of sp³-hybridized carbons (Fsp3) is 0.333. The summed E-state index contributed by atoms with van der Waals surface area (Å²) < 4.78 is 28.8. The molecular formula is C30H35N3O4S. The topological polar surface area (TPSA) is 86.8 Å². The zero-order valence-electron chi connectivity index (χ0n) is 22.0. The Morgan fingerprint density at radius 3 is 2.16 bits per heavy atom. The number of nitrogens with zero attached hydrogens (tertiary/aromatic N) is 2. The fourth-order valence-corrected chi connectivity index (χ4v) is 5.63. The summed E-state index contributed by atoms with van der Waals surface area (Å²) in [5, 5.41) is 0. The molecule has 7 nitrogen and oxygen atoms in total. The van der Waals surface area contributed by atoms with Crippen molar-refractivity contribution in [2.24, 2.45) is 0 Å². The average Bonchev–Trinajstić information content (AvgIpc) is 2.93. The molecule has 1 aliphatic rings. The Balaban J connectivity index is 1.40. The number of amides is 2. The Morgan fingerprint density at radius 1 is 0.842 bits per heavy atom. The second-order valence-corrected chi connectivity index (χ2v) is 11.4. The van der Waals surface area contributed by atoms with Gasteiger partial charge < -0.3 is 9.80 Å². The molecule has 0 unspecified atom stereocenters. The lowest BCUT2D eigenvalue weighted by Crippen LogP contribution is -2.51. The predicted octanol–water partition coefficient (Wildman–Crippen LogP) is 4.67. The number of aryl methyl sites for hydroxylation is 2. The van der Waals surface area contributed by atoms with Crippen LogP contribution < -0.4 is 4.72 Å². The maximum absolute atomic E-state index is 13.4. The molecule has 0 atom stereocenters. The third-order valence-corrected chi connectivity index (χ3v) is 8.27. The van der Waals surface area contributed by atoms with Crippen LogP contribution in [0.15, 0.2) is 77.7 Å². The van der Waals surface area contributed by atoms with Crippen LogP contribution >= 0.6 is 0 Å². The molecule has 0 aliphatic carbocycles. The highest BCUT2D eigenvalue weighted by Gasteiger charge is 2.27. The van der Waals surface area contributed by atoms with Crippen molar-refractivity contribution in [3.63, 3.8) is 0 Å². The highest BCUT2D eigenvalue weighted by Crippen LogP contribution is 2.22. The van der Waals surface area contributed by atoms with E-state index < -0.39 is 10.0 Å². The fourth-order valence-electron chi connectivity index (χ4n) is 4.54. The van der Waals surface area contributed by atoms with Gasteiger partial charge in [-0.05, 0) is 60.7 Å². The molecule has 1 N–H and O–H groups in total. The summed E-state index contributed by atoms with van der Waals surface area (Å²) >= 11 is 0. The van der Waals surface area contributed by atoms with Crippen molar-refractivity contribution >= 4 is 27.5 Å². The van der Waals surface area contributed by atoms with Gasteiger partial charge in [0.1, 0.15) is 0 Å². The van der Waals surface area contributed by atoms with Crippen LogP contribution in [0.25, 0.3) is 0 Å². The molecule has 3 aromatic carbocycles.